The van der Waals surface area contributed by atoms with Gasteiger partial charge in [-0.25, -0.2) is 4.99 Å². The van der Waals surface area contributed by atoms with Crippen LogP contribution in [0.25, 0.3) is 0 Å². The molecule has 0 saturated heterocycles. The Labute approximate surface area is 91.8 Å². The van der Waals surface area contributed by atoms with Crippen LogP contribution in [-0.4, -0.2) is 18.3 Å². The summed E-state index contributed by atoms with van der Waals surface area (Å²) in [6, 6.07) is 0. The van der Waals surface area contributed by atoms with Crippen LogP contribution in [0.3, 0.4) is 0 Å². The molecule has 0 aromatic rings. The van der Waals surface area contributed by atoms with E-state index in [2.05, 4.69) is 4.99 Å². The maximum Gasteiger partial charge on any atom is 0.309 e. The van der Waals surface area contributed by atoms with Gasteiger partial charge in [0.25, 0.3) is 6.47 Å². The van der Waals surface area contributed by atoms with Gasteiger partial charge in [0, 0.05) is 25.0 Å². The molecule has 0 N–H and O–H groups in total. The molecule has 0 radical (unpaired) electrons. The molecule has 5 heteroatoms. The van der Waals surface area contributed by atoms with Crippen LogP contribution >= 0.6 is 0 Å². The van der Waals surface area contributed by atoms with Gasteiger partial charge in [-0.1, -0.05) is 6.08 Å². The minimum absolute atomic E-state index is 0.261. The highest BCUT2D eigenvalue weighted by molar-refractivity contribution is 6.00. The van der Waals surface area contributed by atoms with E-state index in [1.54, 1.807) is 18.2 Å². The van der Waals surface area contributed by atoms with E-state index >= 15 is 0 Å². The zero-order chi connectivity index (χ0) is 11.5. The molecule has 0 aromatic carbocycles. The first-order chi connectivity index (χ1) is 7.69. The fraction of sp³-hybridized carbons (Fsp3) is 0.182. The minimum Gasteiger partial charge on any atom is -0.433 e. The molecule has 0 unspecified atom stereocenters. The van der Waals surface area contributed by atoms with Crippen molar-refractivity contribution in [3.63, 3.8) is 0 Å². The van der Waals surface area contributed by atoms with Gasteiger partial charge < -0.3 is 9.47 Å². The molecule has 0 saturated carbocycles. The van der Waals surface area contributed by atoms with E-state index in [9.17, 15) is 9.59 Å². The van der Waals surface area contributed by atoms with Crippen LogP contribution in [0, 0.1) is 0 Å². The number of esters is 1. The van der Waals surface area contributed by atoms with Crippen molar-refractivity contribution in [3.8, 4) is 0 Å². The van der Waals surface area contributed by atoms with Crippen LogP contribution in [0.15, 0.2) is 40.2 Å². The van der Waals surface area contributed by atoms with Crippen molar-refractivity contribution in [2.24, 2.45) is 4.99 Å². The SMILES string of the molecule is CC(=O)OC1=NC2=CCC(OC=O)=CC2=C1. The van der Waals surface area contributed by atoms with Gasteiger partial charge >= 0.3 is 5.97 Å². The Morgan fingerprint density at radius 2 is 2.31 bits per heavy atom. The molecule has 1 heterocycles. The van der Waals surface area contributed by atoms with Gasteiger partial charge in [0.2, 0.25) is 5.90 Å². The fourth-order valence-corrected chi connectivity index (χ4v) is 1.47. The molecule has 2 aliphatic rings. The smallest absolute Gasteiger partial charge is 0.309 e. The lowest BCUT2D eigenvalue weighted by atomic mass is 10.1. The number of allylic oxidation sites excluding steroid dienone is 2. The summed E-state index contributed by atoms with van der Waals surface area (Å²) in [5.74, 6) is 0.393. The predicted octanol–water partition coefficient (Wildman–Crippen LogP) is 1.23. The van der Waals surface area contributed by atoms with E-state index in [-0.39, 0.29) is 5.90 Å². The highest BCUT2D eigenvalue weighted by Crippen LogP contribution is 2.28. The average Bonchev–Trinajstić information content (AvgIpc) is 2.58. The highest BCUT2D eigenvalue weighted by Gasteiger charge is 2.19. The van der Waals surface area contributed by atoms with Gasteiger partial charge in [-0.3, -0.25) is 9.59 Å². The number of carbonyl (C=O) groups is 2. The number of rotatable bonds is 2. The normalized spacial score (nSPS) is 17.6. The zero-order valence-electron chi connectivity index (χ0n) is 8.60. The molecule has 1 aliphatic carbocycles. The standard InChI is InChI=1S/C11H9NO4/c1-7(14)16-11-5-8-4-9(15-6-13)2-3-10(8)12-11/h3-6H,2H2,1H3. The summed E-state index contributed by atoms with van der Waals surface area (Å²) in [6.45, 7) is 1.70. The molecule has 5 nitrogen and oxygen atoms in total. The summed E-state index contributed by atoms with van der Waals surface area (Å²) in [5.41, 5.74) is 1.51. The van der Waals surface area contributed by atoms with Crippen molar-refractivity contribution >= 4 is 18.3 Å². The van der Waals surface area contributed by atoms with E-state index in [0.29, 0.717) is 18.7 Å². The van der Waals surface area contributed by atoms with Crippen LogP contribution in [0.4, 0.5) is 0 Å². The maximum atomic E-state index is 10.7. The minimum atomic E-state index is -0.414. The monoisotopic (exact) mass is 219 g/mol. The molecule has 0 amide bonds. The Kier molecular flexibility index (Phi) is 2.68. The van der Waals surface area contributed by atoms with Crippen LogP contribution in [0.2, 0.25) is 0 Å². The highest BCUT2D eigenvalue weighted by atomic mass is 16.5. The van der Waals surface area contributed by atoms with Crippen LogP contribution < -0.4 is 0 Å². The Balaban J connectivity index is 2.17. The van der Waals surface area contributed by atoms with Gasteiger partial charge in [-0.2, -0.15) is 0 Å². The Morgan fingerprint density at radius 3 is 3.00 bits per heavy atom. The first kappa shape index (κ1) is 10.4. The number of hydrogen-bond acceptors (Lipinski definition) is 5. The summed E-state index contributed by atoms with van der Waals surface area (Å²) in [7, 11) is 0. The zero-order valence-corrected chi connectivity index (χ0v) is 8.60. The summed E-state index contributed by atoms with van der Waals surface area (Å²) in [4.78, 5) is 25.0. The van der Waals surface area contributed by atoms with Gasteiger partial charge in [0.05, 0.1) is 5.70 Å². The quantitative estimate of drug-likeness (QED) is 0.517. The third-order valence-electron chi connectivity index (χ3n) is 2.07. The number of ether oxygens (including phenoxy) is 2. The summed E-state index contributed by atoms with van der Waals surface area (Å²) in [5, 5.41) is 0. The maximum absolute atomic E-state index is 10.7. The number of fused-ring (bicyclic) bond motifs is 1. The number of nitrogens with zero attached hydrogens (tertiary/aromatic N) is 1. The first-order valence-electron chi connectivity index (χ1n) is 4.69. The third-order valence-corrected chi connectivity index (χ3v) is 2.07. The topological polar surface area (TPSA) is 65.0 Å². The van der Waals surface area contributed by atoms with Crippen LogP contribution in [0.5, 0.6) is 0 Å². The Bertz CT molecular complexity index is 468. The largest absolute Gasteiger partial charge is 0.433 e. The Hall–Kier alpha value is -2.17. The van der Waals surface area contributed by atoms with E-state index in [1.807, 2.05) is 0 Å². The summed E-state index contributed by atoms with van der Waals surface area (Å²) in [6.07, 6.45) is 5.63. The third kappa shape index (κ3) is 2.08. The van der Waals surface area contributed by atoms with Crippen molar-refractivity contribution in [1.82, 2.24) is 0 Å². The predicted molar refractivity (Wildman–Crippen MR) is 55.2 cm³/mol. The summed E-state index contributed by atoms with van der Waals surface area (Å²) < 4.78 is 9.60. The van der Waals surface area contributed by atoms with Gasteiger partial charge in [0.15, 0.2) is 0 Å². The molecule has 1 aliphatic heterocycles. The second-order valence-corrected chi connectivity index (χ2v) is 3.26. The van der Waals surface area contributed by atoms with Gasteiger partial charge in [-0.15, -0.1) is 0 Å². The molecule has 0 bridgehead atoms. The number of carbonyl (C=O) groups excluding carboxylic acids is 2. The molecule has 0 atom stereocenters. The molecule has 0 spiro atoms. The molecule has 0 aromatic heterocycles. The molecule has 2 rings (SSSR count). The molecule has 82 valence electrons. The Morgan fingerprint density at radius 1 is 1.50 bits per heavy atom. The molecular weight excluding hydrogens is 210 g/mol. The van der Waals surface area contributed by atoms with E-state index in [1.165, 1.54) is 6.92 Å². The van der Waals surface area contributed by atoms with Gasteiger partial charge in [0.1, 0.15) is 5.76 Å². The molecule has 16 heavy (non-hydrogen) atoms. The molecular formula is C11H9NO4. The van der Waals surface area contributed by atoms with E-state index < -0.39 is 5.97 Å². The van der Waals surface area contributed by atoms with E-state index in [4.69, 9.17) is 9.47 Å². The van der Waals surface area contributed by atoms with E-state index in [0.717, 1.165) is 11.3 Å². The average molecular weight is 219 g/mol. The second kappa shape index (κ2) is 4.14. The van der Waals surface area contributed by atoms with Crippen molar-refractivity contribution in [2.75, 3.05) is 0 Å². The lowest BCUT2D eigenvalue weighted by molar-refractivity contribution is -0.133. The van der Waals surface area contributed by atoms with Gasteiger partial charge in [-0.05, 0) is 6.08 Å². The van der Waals surface area contributed by atoms with Crippen molar-refractivity contribution < 1.29 is 19.1 Å². The van der Waals surface area contributed by atoms with Crippen molar-refractivity contribution in [2.45, 2.75) is 13.3 Å². The van der Waals surface area contributed by atoms with Crippen molar-refractivity contribution in [1.29, 1.82) is 0 Å². The summed E-state index contributed by atoms with van der Waals surface area (Å²) >= 11 is 0. The molecule has 0 fully saturated rings. The lowest BCUT2D eigenvalue weighted by Gasteiger charge is -2.08. The van der Waals surface area contributed by atoms with Crippen molar-refractivity contribution in [3.05, 3.63) is 35.3 Å². The first-order valence-corrected chi connectivity index (χ1v) is 4.69. The van der Waals surface area contributed by atoms with Crippen LogP contribution in [0.1, 0.15) is 13.3 Å². The van der Waals surface area contributed by atoms with Crippen LogP contribution in [-0.2, 0) is 19.1 Å². The fourth-order valence-electron chi connectivity index (χ4n) is 1.47. The number of hydrogen-bond donors (Lipinski definition) is 0. The lowest BCUT2D eigenvalue weighted by Crippen LogP contribution is -2.04. The number of aliphatic imine (C=N–C) groups is 1. The second-order valence-electron chi connectivity index (χ2n) is 3.26.